The summed E-state index contributed by atoms with van der Waals surface area (Å²) in [7, 11) is 0. The fourth-order valence-electron chi connectivity index (χ4n) is 2.99. The third kappa shape index (κ3) is 2.86. The van der Waals surface area contributed by atoms with Crippen LogP contribution in [0.25, 0.3) is 0 Å². The average Bonchev–Trinajstić information content (AvgIpc) is 2.88. The van der Waals surface area contributed by atoms with Crippen LogP contribution < -0.4 is 5.32 Å². The molecule has 0 saturated carbocycles. The molecule has 0 aliphatic carbocycles. The first-order valence-electron chi connectivity index (χ1n) is 7.11. The van der Waals surface area contributed by atoms with E-state index in [1.54, 1.807) is 4.90 Å². The number of likely N-dealkylation sites (tertiary alicyclic amines) is 1. The minimum Gasteiger partial charge on any atom is -0.481 e. The van der Waals surface area contributed by atoms with Gasteiger partial charge in [0, 0.05) is 25.7 Å². The zero-order chi connectivity index (χ0) is 14.7. The summed E-state index contributed by atoms with van der Waals surface area (Å²) in [6.07, 6.45) is 2.48. The SMILES string of the molecule is CCC1CCCN1C(=O)N1CCNC(=O)C1CC(=O)O. The maximum Gasteiger partial charge on any atom is 0.321 e. The fraction of sp³-hybridized carbons (Fsp3) is 0.769. The molecule has 2 aliphatic rings. The van der Waals surface area contributed by atoms with Gasteiger partial charge in [0.2, 0.25) is 5.91 Å². The highest BCUT2D eigenvalue weighted by molar-refractivity contribution is 5.91. The Bertz CT molecular complexity index is 412. The Hall–Kier alpha value is -1.79. The van der Waals surface area contributed by atoms with Gasteiger partial charge in [-0.25, -0.2) is 4.79 Å². The third-order valence-electron chi connectivity index (χ3n) is 4.04. The highest BCUT2D eigenvalue weighted by atomic mass is 16.4. The summed E-state index contributed by atoms with van der Waals surface area (Å²) in [5.74, 6) is -1.45. The van der Waals surface area contributed by atoms with Crippen molar-refractivity contribution in [3.63, 3.8) is 0 Å². The van der Waals surface area contributed by atoms with E-state index in [1.165, 1.54) is 4.90 Å². The second kappa shape index (κ2) is 6.11. The lowest BCUT2D eigenvalue weighted by Gasteiger charge is -2.38. The zero-order valence-corrected chi connectivity index (χ0v) is 11.7. The van der Waals surface area contributed by atoms with Crippen LogP contribution in [0.15, 0.2) is 0 Å². The first-order valence-corrected chi connectivity index (χ1v) is 7.11. The smallest absolute Gasteiger partial charge is 0.321 e. The number of amides is 3. The second-order valence-electron chi connectivity index (χ2n) is 5.28. The summed E-state index contributed by atoms with van der Waals surface area (Å²) in [5, 5.41) is 11.5. The van der Waals surface area contributed by atoms with E-state index in [0.717, 1.165) is 19.3 Å². The molecule has 0 aromatic carbocycles. The fourth-order valence-corrected chi connectivity index (χ4v) is 2.99. The van der Waals surface area contributed by atoms with Crippen molar-refractivity contribution < 1.29 is 19.5 Å². The Morgan fingerprint density at radius 3 is 2.75 bits per heavy atom. The van der Waals surface area contributed by atoms with Gasteiger partial charge in [-0.15, -0.1) is 0 Å². The molecule has 7 nitrogen and oxygen atoms in total. The predicted octanol–water partition coefficient (Wildman–Crippen LogP) is 0.256. The van der Waals surface area contributed by atoms with Crippen LogP contribution in [0.5, 0.6) is 0 Å². The van der Waals surface area contributed by atoms with Gasteiger partial charge in [0.1, 0.15) is 6.04 Å². The molecule has 2 unspecified atom stereocenters. The van der Waals surface area contributed by atoms with E-state index in [-0.39, 0.29) is 24.4 Å². The molecule has 2 atom stereocenters. The van der Waals surface area contributed by atoms with Crippen molar-refractivity contribution in [2.75, 3.05) is 19.6 Å². The highest BCUT2D eigenvalue weighted by Gasteiger charge is 2.39. The normalized spacial score (nSPS) is 26.6. The van der Waals surface area contributed by atoms with Gasteiger partial charge >= 0.3 is 12.0 Å². The van der Waals surface area contributed by atoms with E-state index in [1.807, 2.05) is 6.92 Å². The third-order valence-corrected chi connectivity index (χ3v) is 4.04. The van der Waals surface area contributed by atoms with Crippen LogP contribution in [0.2, 0.25) is 0 Å². The molecule has 2 rings (SSSR count). The Morgan fingerprint density at radius 2 is 2.10 bits per heavy atom. The molecule has 2 aliphatic heterocycles. The summed E-state index contributed by atoms with van der Waals surface area (Å²) in [6, 6.07) is -0.889. The van der Waals surface area contributed by atoms with E-state index in [4.69, 9.17) is 5.11 Å². The molecule has 2 fully saturated rings. The number of piperazine rings is 1. The molecule has 0 bridgehead atoms. The van der Waals surface area contributed by atoms with Crippen molar-refractivity contribution in [3.8, 4) is 0 Å². The number of aliphatic carboxylic acids is 1. The Labute approximate surface area is 117 Å². The topological polar surface area (TPSA) is 90.0 Å². The lowest BCUT2D eigenvalue weighted by molar-refractivity contribution is -0.142. The molecule has 0 aromatic heterocycles. The van der Waals surface area contributed by atoms with Crippen molar-refractivity contribution >= 4 is 17.9 Å². The average molecular weight is 283 g/mol. The van der Waals surface area contributed by atoms with Gasteiger partial charge in [-0.2, -0.15) is 0 Å². The maximum atomic E-state index is 12.6. The first kappa shape index (κ1) is 14.6. The lowest BCUT2D eigenvalue weighted by atomic mass is 10.1. The van der Waals surface area contributed by atoms with E-state index in [2.05, 4.69) is 5.32 Å². The quantitative estimate of drug-likeness (QED) is 0.777. The molecular formula is C13H21N3O4. The largest absolute Gasteiger partial charge is 0.481 e. The molecule has 2 heterocycles. The molecule has 3 amide bonds. The van der Waals surface area contributed by atoms with Crippen LogP contribution in [-0.4, -0.2) is 64.5 Å². The summed E-state index contributed by atoms with van der Waals surface area (Å²) >= 11 is 0. The standard InChI is InChI=1S/C13H21N3O4/c1-2-9-4-3-6-15(9)13(20)16-7-5-14-12(19)10(16)8-11(17)18/h9-10H,2-8H2,1H3,(H,14,19)(H,17,18). The van der Waals surface area contributed by atoms with Gasteiger partial charge < -0.3 is 20.2 Å². The van der Waals surface area contributed by atoms with Gasteiger partial charge in [-0.3, -0.25) is 9.59 Å². The number of carboxylic acid groups (broad SMARTS) is 1. The Balaban J connectivity index is 2.12. The van der Waals surface area contributed by atoms with E-state index >= 15 is 0 Å². The van der Waals surface area contributed by atoms with Gasteiger partial charge in [-0.1, -0.05) is 6.92 Å². The molecule has 7 heteroatoms. The number of nitrogens with one attached hydrogen (secondary N) is 1. The van der Waals surface area contributed by atoms with Crippen molar-refractivity contribution in [2.45, 2.75) is 44.7 Å². The summed E-state index contributed by atoms with van der Waals surface area (Å²) < 4.78 is 0. The second-order valence-corrected chi connectivity index (χ2v) is 5.28. The van der Waals surface area contributed by atoms with Crippen molar-refractivity contribution in [1.29, 1.82) is 0 Å². The van der Waals surface area contributed by atoms with Crippen LogP contribution in [-0.2, 0) is 9.59 Å². The minimum absolute atomic E-state index is 0.199. The first-order chi connectivity index (χ1) is 9.54. The van der Waals surface area contributed by atoms with Crippen LogP contribution in [0.4, 0.5) is 4.79 Å². The number of carboxylic acids is 1. The van der Waals surface area contributed by atoms with Crippen LogP contribution >= 0.6 is 0 Å². The number of hydrogen-bond donors (Lipinski definition) is 2. The molecule has 0 aromatic rings. The number of hydrogen-bond acceptors (Lipinski definition) is 3. The number of rotatable bonds is 3. The molecule has 2 N–H and O–H groups in total. The minimum atomic E-state index is -1.07. The lowest BCUT2D eigenvalue weighted by Crippen LogP contribution is -2.60. The Morgan fingerprint density at radius 1 is 1.35 bits per heavy atom. The van der Waals surface area contributed by atoms with Crippen LogP contribution in [0.3, 0.4) is 0 Å². The number of urea groups is 1. The predicted molar refractivity (Wildman–Crippen MR) is 71.2 cm³/mol. The molecule has 0 radical (unpaired) electrons. The number of carbonyl (C=O) groups excluding carboxylic acids is 2. The highest BCUT2D eigenvalue weighted by Crippen LogP contribution is 2.23. The van der Waals surface area contributed by atoms with Gasteiger partial charge in [0.05, 0.1) is 6.42 Å². The molecule has 0 spiro atoms. The Kier molecular flexibility index (Phi) is 4.46. The van der Waals surface area contributed by atoms with Crippen molar-refractivity contribution in [3.05, 3.63) is 0 Å². The van der Waals surface area contributed by atoms with E-state index < -0.39 is 12.0 Å². The molecule has 112 valence electrons. The zero-order valence-electron chi connectivity index (χ0n) is 11.7. The van der Waals surface area contributed by atoms with E-state index in [9.17, 15) is 14.4 Å². The summed E-state index contributed by atoms with van der Waals surface area (Å²) in [5.41, 5.74) is 0. The van der Waals surface area contributed by atoms with Crippen LogP contribution in [0, 0.1) is 0 Å². The van der Waals surface area contributed by atoms with Gasteiger partial charge in [0.15, 0.2) is 0 Å². The van der Waals surface area contributed by atoms with Gasteiger partial charge in [-0.05, 0) is 19.3 Å². The van der Waals surface area contributed by atoms with Crippen molar-refractivity contribution in [1.82, 2.24) is 15.1 Å². The molecular weight excluding hydrogens is 262 g/mol. The van der Waals surface area contributed by atoms with Gasteiger partial charge in [0.25, 0.3) is 0 Å². The van der Waals surface area contributed by atoms with E-state index in [0.29, 0.717) is 19.6 Å². The van der Waals surface area contributed by atoms with Crippen molar-refractivity contribution in [2.24, 2.45) is 0 Å². The van der Waals surface area contributed by atoms with Crippen LogP contribution in [0.1, 0.15) is 32.6 Å². The monoisotopic (exact) mass is 283 g/mol. The molecule has 20 heavy (non-hydrogen) atoms. The maximum absolute atomic E-state index is 12.6. The summed E-state index contributed by atoms with van der Waals surface area (Å²) in [4.78, 5) is 38.5. The summed E-state index contributed by atoms with van der Waals surface area (Å²) in [6.45, 7) is 3.48. The number of carbonyl (C=O) groups is 3. The molecule has 2 saturated heterocycles. The number of nitrogens with zero attached hydrogens (tertiary/aromatic N) is 2.